The van der Waals surface area contributed by atoms with Crippen molar-refractivity contribution >= 4 is 0 Å². The summed E-state index contributed by atoms with van der Waals surface area (Å²) in [4.78, 5) is 0. The molecule has 3 heteroatoms. The van der Waals surface area contributed by atoms with Crippen LogP contribution in [0.15, 0.2) is 35.0 Å². The fourth-order valence-electron chi connectivity index (χ4n) is 2.46. The molecular formula is C16H25NO2. The van der Waals surface area contributed by atoms with Crippen molar-refractivity contribution in [1.29, 1.82) is 0 Å². The van der Waals surface area contributed by atoms with E-state index in [-0.39, 0.29) is 6.04 Å². The topological polar surface area (TPSA) is 34.4 Å². The Balaban J connectivity index is 1.56. The summed E-state index contributed by atoms with van der Waals surface area (Å²) in [5, 5.41) is 3.40. The van der Waals surface area contributed by atoms with E-state index in [1.54, 1.807) is 6.26 Å². The minimum Gasteiger partial charge on any atom is -0.468 e. The second-order valence-corrected chi connectivity index (χ2v) is 5.45. The van der Waals surface area contributed by atoms with Crippen LogP contribution in [-0.2, 0) is 4.74 Å². The highest BCUT2D eigenvalue weighted by molar-refractivity contribution is 5.02. The SMILES string of the molecule is CC(NCCOCC1CC=CCC1C)c1ccco1. The smallest absolute Gasteiger partial charge is 0.120 e. The minimum absolute atomic E-state index is 0.245. The van der Waals surface area contributed by atoms with Gasteiger partial charge in [0.05, 0.1) is 25.5 Å². The quantitative estimate of drug-likeness (QED) is 0.603. The number of allylic oxidation sites excluding steroid dienone is 2. The third-order valence-electron chi connectivity index (χ3n) is 3.92. The standard InChI is InChI=1S/C16H25NO2/c1-13-6-3-4-7-15(13)12-18-11-9-17-14(2)16-8-5-10-19-16/h3-5,8,10,13-15,17H,6-7,9,11-12H2,1-2H3. The molecule has 1 aliphatic carbocycles. The molecule has 19 heavy (non-hydrogen) atoms. The van der Waals surface area contributed by atoms with Gasteiger partial charge in [0.25, 0.3) is 0 Å². The zero-order valence-electron chi connectivity index (χ0n) is 12.0. The number of furan rings is 1. The molecule has 1 aliphatic rings. The molecule has 0 spiro atoms. The average molecular weight is 263 g/mol. The second-order valence-electron chi connectivity index (χ2n) is 5.45. The van der Waals surface area contributed by atoms with Crippen molar-refractivity contribution in [2.75, 3.05) is 19.8 Å². The lowest BCUT2D eigenvalue weighted by molar-refractivity contribution is 0.0795. The molecule has 0 radical (unpaired) electrons. The van der Waals surface area contributed by atoms with Crippen LogP contribution in [0.4, 0.5) is 0 Å². The summed E-state index contributed by atoms with van der Waals surface area (Å²) in [6.07, 6.45) is 8.64. The van der Waals surface area contributed by atoms with E-state index in [2.05, 4.69) is 31.3 Å². The summed E-state index contributed by atoms with van der Waals surface area (Å²) in [6, 6.07) is 4.16. The van der Waals surface area contributed by atoms with E-state index in [9.17, 15) is 0 Å². The van der Waals surface area contributed by atoms with Gasteiger partial charge in [-0.15, -0.1) is 0 Å². The Kier molecular flexibility index (Phi) is 5.67. The molecule has 1 heterocycles. The molecule has 1 aromatic rings. The molecular weight excluding hydrogens is 238 g/mol. The lowest BCUT2D eigenvalue weighted by atomic mass is 9.85. The lowest BCUT2D eigenvalue weighted by Gasteiger charge is -2.25. The van der Waals surface area contributed by atoms with E-state index in [0.717, 1.165) is 37.9 Å². The van der Waals surface area contributed by atoms with Gasteiger partial charge in [0.1, 0.15) is 5.76 Å². The molecule has 0 amide bonds. The van der Waals surface area contributed by atoms with Gasteiger partial charge < -0.3 is 14.5 Å². The second kappa shape index (κ2) is 7.51. The zero-order valence-corrected chi connectivity index (χ0v) is 12.0. The van der Waals surface area contributed by atoms with Crippen molar-refractivity contribution in [3.63, 3.8) is 0 Å². The molecule has 0 saturated heterocycles. The molecule has 3 nitrogen and oxygen atoms in total. The maximum Gasteiger partial charge on any atom is 0.120 e. The summed E-state index contributed by atoms with van der Waals surface area (Å²) in [5.74, 6) is 2.42. The third kappa shape index (κ3) is 4.51. The Bertz CT molecular complexity index is 372. The first-order valence-electron chi connectivity index (χ1n) is 7.27. The molecule has 0 saturated carbocycles. The Labute approximate surface area is 116 Å². The van der Waals surface area contributed by atoms with Crippen LogP contribution < -0.4 is 5.32 Å². The van der Waals surface area contributed by atoms with Crippen molar-refractivity contribution in [1.82, 2.24) is 5.32 Å². The molecule has 3 atom stereocenters. The minimum atomic E-state index is 0.245. The monoisotopic (exact) mass is 263 g/mol. The molecule has 0 bridgehead atoms. The molecule has 106 valence electrons. The van der Waals surface area contributed by atoms with Crippen LogP contribution in [0.5, 0.6) is 0 Å². The first-order chi connectivity index (χ1) is 9.27. The highest BCUT2D eigenvalue weighted by Crippen LogP contribution is 2.24. The molecule has 0 aliphatic heterocycles. The maximum absolute atomic E-state index is 5.78. The molecule has 3 unspecified atom stereocenters. The van der Waals surface area contributed by atoms with E-state index in [4.69, 9.17) is 9.15 Å². The average Bonchev–Trinajstić information content (AvgIpc) is 2.94. The van der Waals surface area contributed by atoms with Crippen LogP contribution in [0, 0.1) is 11.8 Å². The van der Waals surface area contributed by atoms with Crippen molar-refractivity contribution in [2.24, 2.45) is 11.8 Å². The van der Waals surface area contributed by atoms with Gasteiger partial charge in [-0.3, -0.25) is 0 Å². The Hall–Kier alpha value is -1.06. The Morgan fingerprint density at radius 3 is 3.00 bits per heavy atom. The molecule has 1 aromatic heterocycles. The van der Waals surface area contributed by atoms with Gasteiger partial charge in [0.2, 0.25) is 0 Å². The van der Waals surface area contributed by atoms with Crippen LogP contribution >= 0.6 is 0 Å². The number of rotatable bonds is 7. The van der Waals surface area contributed by atoms with E-state index in [1.165, 1.54) is 6.42 Å². The van der Waals surface area contributed by atoms with E-state index in [1.807, 2.05) is 12.1 Å². The van der Waals surface area contributed by atoms with Crippen LogP contribution in [0.2, 0.25) is 0 Å². The van der Waals surface area contributed by atoms with Crippen LogP contribution in [0.3, 0.4) is 0 Å². The van der Waals surface area contributed by atoms with Gasteiger partial charge in [-0.2, -0.15) is 0 Å². The fraction of sp³-hybridized carbons (Fsp3) is 0.625. The normalized spacial score (nSPS) is 24.5. The van der Waals surface area contributed by atoms with Gasteiger partial charge in [0.15, 0.2) is 0 Å². The van der Waals surface area contributed by atoms with Crippen molar-refractivity contribution in [2.45, 2.75) is 32.7 Å². The summed E-state index contributed by atoms with van der Waals surface area (Å²) in [7, 11) is 0. The first kappa shape index (κ1) is 14.4. The van der Waals surface area contributed by atoms with Crippen LogP contribution in [0.25, 0.3) is 0 Å². The highest BCUT2D eigenvalue weighted by Gasteiger charge is 2.18. The molecule has 0 fully saturated rings. The Morgan fingerprint density at radius 1 is 1.42 bits per heavy atom. The third-order valence-corrected chi connectivity index (χ3v) is 3.92. The van der Waals surface area contributed by atoms with Crippen molar-refractivity contribution < 1.29 is 9.15 Å². The summed E-state index contributed by atoms with van der Waals surface area (Å²) in [5.41, 5.74) is 0. The summed E-state index contributed by atoms with van der Waals surface area (Å²) < 4.78 is 11.1. The van der Waals surface area contributed by atoms with Gasteiger partial charge >= 0.3 is 0 Å². The molecule has 0 aromatic carbocycles. The van der Waals surface area contributed by atoms with E-state index < -0.39 is 0 Å². The Morgan fingerprint density at radius 2 is 2.26 bits per heavy atom. The summed E-state index contributed by atoms with van der Waals surface area (Å²) >= 11 is 0. The number of nitrogens with one attached hydrogen (secondary N) is 1. The van der Waals surface area contributed by atoms with Gasteiger partial charge in [-0.1, -0.05) is 19.1 Å². The largest absolute Gasteiger partial charge is 0.468 e. The zero-order chi connectivity index (χ0) is 13.5. The van der Waals surface area contributed by atoms with Crippen molar-refractivity contribution in [3.8, 4) is 0 Å². The lowest BCUT2D eigenvalue weighted by Crippen LogP contribution is -2.25. The summed E-state index contributed by atoms with van der Waals surface area (Å²) in [6.45, 7) is 6.92. The van der Waals surface area contributed by atoms with Crippen LogP contribution in [0.1, 0.15) is 38.5 Å². The number of hydrogen-bond acceptors (Lipinski definition) is 3. The van der Waals surface area contributed by atoms with Gasteiger partial charge in [-0.25, -0.2) is 0 Å². The first-order valence-corrected chi connectivity index (χ1v) is 7.27. The number of hydrogen-bond donors (Lipinski definition) is 1. The van der Waals surface area contributed by atoms with Crippen molar-refractivity contribution in [3.05, 3.63) is 36.3 Å². The van der Waals surface area contributed by atoms with E-state index in [0.29, 0.717) is 5.92 Å². The highest BCUT2D eigenvalue weighted by atomic mass is 16.5. The maximum atomic E-state index is 5.78. The fourth-order valence-corrected chi connectivity index (χ4v) is 2.46. The molecule has 2 rings (SSSR count). The van der Waals surface area contributed by atoms with E-state index >= 15 is 0 Å². The van der Waals surface area contributed by atoms with Crippen LogP contribution in [-0.4, -0.2) is 19.8 Å². The van der Waals surface area contributed by atoms with Gasteiger partial charge in [-0.05, 0) is 43.7 Å². The number of ether oxygens (including phenoxy) is 1. The van der Waals surface area contributed by atoms with Gasteiger partial charge in [0, 0.05) is 6.54 Å². The predicted molar refractivity (Wildman–Crippen MR) is 77.0 cm³/mol. The molecule has 1 N–H and O–H groups in total. The predicted octanol–water partition coefficient (Wildman–Crippen LogP) is 3.55.